The molecule has 0 saturated heterocycles. The summed E-state index contributed by atoms with van der Waals surface area (Å²) >= 11 is 7.55. The lowest BCUT2D eigenvalue weighted by molar-refractivity contribution is -0.121. The van der Waals surface area contributed by atoms with Crippen LogP contribution in [0.1, 0.15) is 44.6 Å². The summed E-state index contributed by atoms with van der Waals surface area (Å²) in [5.41, 5.74) is 0.908. The van der Waals surface area contributed by atoms with E-state index >= 15 is 0 Å². The first-order valence-corrected chi connectivity index (χ1v) is 12.3. The number of para-hydroxylation sites is 1. The van der Waals surface area contributed by atoms with Gasteiger partial charge in [0.25, 0.3) is 5.56 Å². The number of hydrogen-bond acceptors (Lipinski definition) is 5. The van der Waals surface area contributed by atoms with E-state index in [0.717, 1.165) is 24.8 Å². The molecule has 0 bridgehead atoms. The topological polar surface area (TPSA) is 87.8 Å². The first-order valence-electron chi connectivity index (χ1n) is 11.0. The Kier molecular flexibility index (Phi) is 6.78. The van der Waals surface area contributed by atoms with Crippen LogP contribution >= 0.6 is 23.4 Å². The lowest BCUT2D eigenvalue weighted by atomic mass is 9.83. The second-order valence-electron chi connectivity index (χ2n) is 8.44. The van der Waals surface area contributed by atoms with Gasteiger partial charge in [-0.3, -0.25) is 14.2 Å². The average Bonchev–Trinajstić information content (AvgIpc) is 2.82. The van der Waals surface area contributed by atoms with Crippen molar-refractivity contribution in [3.8, 4) is 11.8 Å². The summed E-state index contributed by atoms with van der Waals surface area (Å²) in [5.74, 6) is -0.236. The molecule has 1 amide bonds. The SMILES string of the molecule is Cc1c(Cl)cccc1-n1c(S[C@@H](C)C(=O)NC2(C#N)CCCCC2)nc2ccccc2c1=O. The highest BCUT2D eigenvalue weighted by molar-refractivity contribution is 8.00. The van der Waals surface area contributed by atoms with E-state index in [2.05, 4.69) is 11.4 Å². The van der Waals surface area contributed by atoms with Crippen LogP contribution < -0.4 is 10.9 Å². The van der Waals surface area contributed by atoms with Gasteiger partial charge in [-0.05, 0) is 56.5 Å². The number of amides is 1. The number of nitriles is 1. The van der Waals surface area contributed by atoms with E-state index in [9.17, 15) is 14.9 Å². The molecule has 1 N–H and O–H groups in total. The van der Waals surface area contributed by atoms with Crippen LogP contribution in [0, 0.1) is 18.3 Å². The molecule has 1 aliphatic rings. The molecule has 1 aromatic heterocycles. The van der Waals surface area contributed by atoms with Crippen LogP contribution in [0.4, 0.5) is 0 Å². The molecule has 1 fully saturated rings. The first-order chi connectivity index (χ1) is 15.8. The minimum atomic E-state index is -0.815. The Morgan fingerprint density at radius 2 is 1.94 bits per heavy atom. The maximum Gasteiger partial charge on any atom is 0.266 e. The predicted molar refractivity (Wildman–Crippen MR) is 132 cm³/mol. The van der Waals surface area contributed by atoms with Gasteiger partial charge in [0.05, 0.1) is 27.9 Å². The summed E-state index contributed by atoms with van der Waals surface area (Å²) in [4.78, 5) is 31.3. The predicted octanol–water partition coefficient (Wildman–Crippen LogP) is 5.17. The zero-order chi connectivity index (χ0) is 23.6. The highest BCUT2D eigenvalue weighted by atomic mass is 35.5. The Morgan fingerprint density at radius 1 is 1.21 bits per heavy atom. The molecular weight excluding hydrogens is 456 g/mol. The van der Waals surface area contributed by atoms with Crippen molar-refractivity contribution >= 4 is 40.2 Å². The summed E-state index contributed by atoms with van der Waals surface area (Å²) in [7, 11) is 0. The van der Waals surface area contributed by atoms with Gasteiger partial charge in [-0.1, -0.05) is 60.8 Å². The highest BCUT2D eigenvalue weighted by Gasteiger charge is 2.35. The quantitative estimate of drug-likeness (QED) is 0.402. The van der Waals surface area contributed by atoms with Crippen LogP contribution in [0.2, 0.25) is 5.02 Å². The van der Waals surface area contributed by atoms with E-state index in [1.165, 1.54) is 16.3 Å². The second kappa shape index (κ2) is 9.58. The number of thioether (sulfide) groups is 1. The fourth-order valence-electron chi connectivity index (χ4n) is 4.21. The zero-order valence-electron chi connectivity index (χ0n) is 18.6. The number of carbonyl (C=O) groups excluding carboxylic acids is 1. The van der Waals surface area contributed by atoms with Crippen molar-refractivity contribution in [2.24, 2.45) is 0 Å². The molecular formula is C25H25ClN4O2S. The lowest BCUT2D eigenvalue weighted by Crippen LogP contribution is -2.51. The minimum absolute atomic E-state index is 0.221. The molecule has 1 aliphatic carbocycles. The molecule has 8 heteroatoms. The number of nitrogens with one attached hydrogen (secondary N) is 1. The van der Waals surface area contributed by atoms with Gasteiger partial charge in [0, 0.05) is 5.02 Å². The van der Waals surface area contributed by atoms with Gasteiger partial charge in [0.1, 0.15) is 5.54 Å². The molecule has 0 unspecified atom stereocenters. The standard InChI is InChI=1S/C25H25ClN4O2S/c1-16-19(26)10-8-12-21(16)30-23(32)18-9-4-5-11-20(18)28-24(30)33-17(2)22(31)29-25(15-27)13-6-3-7-14-25/h4-5,8-12,17H,3,6-7,13-14H2,1-2H3,(H,29,31)/t17-/m0/s1. The summed E-state index contributed by atoms with van der Waals surface area (Å²) < 4.78 is 1.53. The molecule has 0 aliphatic heterocycles. The van der Waals surface area contributed by atoms with Crippen molar-refractivity contribution in [3.05, 3.63) is 63.4 Å². The van der Waals surface area contributed by atoms with Gasteiger partial charge in [-0.2, -0.15) is 5.26 Å². The van der Waals surface area contributed by atoms with Crippen LogP contribution in [-0.2, 0) is 4.79 Å². The van der Waals surface area contributed by atoms with Gasteiger partial charge in [0.15, 0.2) is 5.16 Å². The van der Waals surface area contributed by atoms with Gasteiger partial charge < -0.3 is 5.32 Å². The Labute approximate surface area is 202 Å². The zero-order valence-corrected chi connectivity index (χ0v) is 20.2. The Balaban J connectivity index is 1.74. The highest BCUT2D eigenvalue weighted by Crippen LogP contribution is 2.31. The monoisotopic (exact) mass is 480 g/mol. The van der Waals surface area contributed by atoms with Gasteiger partial charge >= 0.3 is 0 Å². The molecule has 4 rings (SSSR count). The second-order valence-corrected chi connectivity index (χ2v) is 10.2. The van der Waals surface area contributed by atoms with Crippen LogP contribution in [0.25, 0.3) is 16.6 Å². The molecule has 0 radical (unpaired) electrons. The first kappa shape index (κ1) is 23.3. The van der Waals surface area contributed by atoms with E-state index < -0.39 is 10.8 Å². The molecule has 33 heavy (non-hydrogen) atoms. The van der Waals surface area contributed by atoms with Gasteiger partial charge in [-0.25, -0.2) is 4.98 Å². The molecule has 3 aromatic rings. The average molecular weight is 481 g/mol. The van der Waals surface area contributed by atoms with Crippen molar-refractivity contribution in [3.63, 3.8) is 0 Å². The summed E-state index contributed by atoms with van der Waals surface area (Å²) in [6.45, 7) is 3.62. The number of benzene rings is 2. The normalized spacial score (nSPS) is 16.2. The maximum absolute atomic E-state index is 13.5. The molecule has 1 heterocycles. The molecule has 0 spiro atoms. The van der Waals surface area contributed by atoms with E-state index in [1.807, 2.05) is 19.1 Å². The number of rotatable bonds is 5. The summed E-state index contributed by atoms with van der Waals surface area (Å²) in [5, 5.41) is 13.6. The van der Waals surface area contributed by atoms with E-state index in [0.29, 0.717) is 39.6 Å². The largest absolute Gasteiger partial charge is 0.337 e. The van der Waals surface area contributed by atoms with Crippen molar-refractivity contribution in [2.45, 2.75) is 61.9 Å². The smallest absolute Gasteiger partial charge is 0.266 e. The minimum Gasteiger partial charge on any atom is -0.337 e. The van der Waals surface area contributed by atoms with Crippen molar-refractivity contribution < 1.29 is 4.79 Å². The van der Waals surface area contributed by atoms with Gasteiger partial charge in [-0.15, -0.1) is 0 Å². The van der Waals surface area contributed by atoms with Crippen LogP contribution in [0.15, 0.2) is 52.4 Å². The number of nitrogens with zero attached hydrogens (tertiary/aromatic N) is 3. The van der Waals surface area contributed by atoms with E-state index in [1.54, 1.807) is 37.3 Å². The van der Waals surface area contributed by atoms with Crippen LogP contribution in [0.5, 0.6) is 0 Å². The summed E-state index contributed by atoms with van der Waals surface area (Å²) in [6.07, 6.45) is 4.25. The number of hydrogen-bond donors (Lipinski definition) is 1. The maximum atomic E-state index is 13.5. The Morgan fingerprint density at radius 3 is 2.67 bits per heavy atom. The van der Waals surface area contributed by atoms with E-state index in [4.69, 9.17) is 16.6 Å². The van der Waals surface area contributed by atoms with E-state index in [-0.39, 0.29) is 11.5 Å². The van der Waals surface area contributed by atoms with Crippen LogP contribution in [0.3, 0.4) is 0 Å². The molecule has 2 aromatic carbocycles. The Hall–Kier alpha value is -2.82. The number of carbonyl (C=O) groups is 1. The molecule has 6 nitrogen and oxygen atoms in total. The number of fused-ring (bicyclic) bond motifs is 1. The summed E-state index contributed by atoms with van der Waals surface area (Å²) in [6, 6.07) is 14.9. The number of halogens is 1. The third-order valence-electron chi connectivity index (χ3n) is 6.16. The third kappa shape index (κ3) is 4.64. The van der Waals surface area contributed by atoms with Crippen molar-refractivity contribution in [1.29, 1.82) is 5.26 Å². The molecule has 1 atom stereocenters. The fraction of sp³-hybridized carbons (Fsp3) is 0.360. The molecule has 170 valence electrons. The lowest BCUT2D eigenvalue weighted by Gasteiger charge is -2.32. The van der Waals surface area contributed by atoms with Crippen molar-refractivity contribution in [1.82, 2.24) is 14.9 Å². The van der Waals surface area contributed by atoms with Crippen molar-refractivity contribution in [2.75, 3.05) is 0 Å². The van der Waals surface area contributed by atoms with Crippen LogP contribution in [-0.4, -0.2) is 26.2 Å². The van der Waals surface area contributed by atoms with Gasteiger partial charge in [0.2, 0.25) is 5.91 Å². The third-order valence-corrected chi connectivity index (χ3v) is 7.62. The Bertz CT molecular complexity index is 1310. The fourth-order valence-corrected chi connectivity index (χ4v) is 5.30. The number of aromatic nitrogens is 2. The molecule has 1 saturated carbocycles.